The van der Waals surface area contributed by atoms with Gasteiger partial charge >= 0.3 is 0 Å². The van der Waals surface area contributed by atoms with E-state index in [0.717, 1.165) is 17.4 Å². The van der Waals surface area contributed by atoms with Gasteiger partial charge in [-0.15, -0.1) is 0 Å². The SMILES string of the molecule is Cc1ccc(S(=O)(=O)N2CCN(S(C)(=O)=O)[C@@H](Cc3ccc(O)cc3)C2)cc1. The number of piperazine rings is 1. The van der Waals surface area contributed by atoms with E-state index in [4.69, 9.17) is 0 Å². The first-order valence-corrected chi connectivity index (χ1v) is 12.2. The van der Waals surface area contributed by atoms with Crippen molar-refractivity contribution in [1.82, 2.24) is 8.61 Å². The first-order chi connectivity index (χ1) is 13.1. The molecule has 0 amide bonds. The summed E-state index contributed by atoms with van der Waals surface area (Å²) in [4.78, 5) is 0.203. The van der Waals surface area contributed by atoms with E-state index < -0.39 is 26.1 Å². The van der Waals surface area contributed by atoms with Crippen molar-refractivity contribution in [2.24, 2.45) is 0 Å². The van der Waals surface area contributed by atoms with Crippen LogP contribution < -0.4 is 0 Å². The van der Waals surface area contributed by atoms with Gasteiger partial charge in [0, 0.05) is 25.7 Å². The van der Waals surface area contributed by atoms with Crippen LogP contribution in [0.1, 0.15) is 11.1 Å². The molecule has 0 aliphatic carbocycles. The van der Waals surface area contributed by atoms with Crippen molar-refractivity contribution < 1.29 is 21.9 Å². The zero-order chi connectivity index (χ0) is 20.5. The van der Waals surface area contributed by atoms with E-state index in [-0.39, 0.29) is 30.3 Å². The number of nitrogens with zero attached hydrogens (tertiary/aromatic N) is 2. The van der Waals surface area contributed by atoms with E-state index in [1.54, 1.807) is 36.4 Å². The summed E-state index contributed by atoms with van der Waals surface area (Å²) in [5.74, 6) is 0.121. The molecule has 1 aliphatic rings. The molecule has 1 N–H and O–H groups in total. The van der Waals surface area contributed by atoms with Gasteiger partial charge in [0.15, 0.2) is 0 Å². The number of hydrogen-bond donors (Lipinski definition) is 1. The molecule has 0 spiro atoms. The van der Waals surface area contributed by atoms with Gasteiger partial charge in [0.05, 0.1) is 11.2 Å². The third-order valence-electron chi connectivity index (χ3n) is 4.88. The molecule has 1 saturated heterocycles. The highest BCUT2D eigenvalue weighted by atomic mass is 32.2. The van der Waals surface area contributed by atoms with Crippen LogP contribution in [-0.2, 0) is 26.5 Å². The van der Waals surface area contributed by atoms with E-state index in [1.807, 2.05) is 6.92 Å². The number of hydrogen-bond acceptors (Lipinski definition) is 5. The minimum Gasteiger partial charge on any atom is -0.508 e. The fraction of sp³-hybridized carbons (Fsp3) is 0.368. The molecule has 1 aliphatic heterocycles. The van der Waals surface area contributed by atoms with Crippen molar-refractivity contribution in [3.05, 3.63) is 59.7 Å². The molecule has 0 aromatic heterocycles. The van der Waals surface area contributed by atoms with E-state index in [1.165, 1.54) is 20.7 Å². The maximum absolute atomic E-state index is 13.0. The number of sulfonamides is 2. The molecule has 1 heterocycles. The highest BCUT2D eigenvalue weighted by Gasteiger charge is 2.37. The van der Waals surface area contributed by atoms with E-state index in [2.05, 4.69) is 0 Å². The van der Waals surface area contributed by atoms with Crippen LogP contribution in [0.3, 0.4) is 0 Å². The van der Waals surface area contributed by atoms with Crippen LogP contribution in [0.2, 0.25) is 0 Å². The van der Waals surface area contributed by atoms with Crippen molar-refractivity contribution in [3.63, 3.8) is 0 Å². The summed E-state index contributed by atoms with van der Waals surface area (Å²) in [6.45, 7) is 2.17. The van der Waals surface area contributed by atoms with Crippen molar-refractivity contribution in [2.45, 2.75) is 24.3 Å². The van der Waals surface area contributed by atoms with Gasteiger partial charge in [0.1, 0.15) is 5.75 Å². The van der Waals surface area contributed by atoms with Crippen molar-refractivity contribution in [2.75, 3.05) is 25.9 Å². The van der Waals surface area contributed by atoms with Gasteiger partial charge < -0.3 is 5.11 Å². The maximum atomic E-state index is 13.0. The second-order valence-electron chi connectivity index (χ2n) is 7.07. The maximum Gasteiger partial charge on any atom is 0.243 e. The van der Waals surface area contributed by atoms with Crippen LogP contribution in [0.25, 0.3) is 0 Å². The average Bonchev–Trinajstić information content (AvgIpc) is 2.63. The summed E-state index contributed by atoms with van der Waals surface area (Å²) in [5.41, 5.74) is 1.79. The summed E-state index contributed by atoms with van der Waals surface area (Å²) in [6, 6.07) is 12.6. The molecule has 1 atom stereocenters. The molecule has 0 saturated carbocycles. The summed E-state index contributed by atoms with van der Waals surface area (Å²) in [6.07, 6.45) is 1.49. The lowest BCUT2D eigenvalue weighted by atomic mass is 10.0. The number of phenolic OH excluding ortho intramolecular Hbond substituents is 1. The molecule has 0 bridgehead atoms. The van der Waals surface area contributed by atoms with Gasteiger partial charge in [-0.25, -0.2) is 16.8 Å². The Morgan fingerprint density at radius 1 is 0.964 bits per heavy atom. The number of phenols is 1. The Morgan fingerprint density at radius 3 is 2.14 bits per heavy atom. The largest absolute Gasteiger partial charge is 0.508 e. The number of aryl methyl sites for hydroxylation is 1. The molecule has 152 valence electrons. The zero-order valence-electron chi connectivity index (χ0n) is 15.8. The molecule has 0 radical (unpaired) electrons. The fourth-order valence-electron chi connectivity index (χ4n) is 3.39. The van der Waals surface area contributed by atoms with Crippen LogP contribution in [0.15, 0.2) is 53.4 Å². The van der Waals surface area contributed by atoms with E-state index in [9.17, 15) is 21.9 Å². The predicted molar refractivity (Wildman–Crippen MR) is 107 cm³/mol. The Labute approximate surface area is 166 Å². The van der Waals surface area contributed by atoms with Gasteiger partial charge in [0.2, 0.25) is 20.0 Å². The second-order valence-corrected chi connectivity index (χ2v) is 10.9. The quantitative estimate of drug-likeness (QED) is 0.786. The van der Waals surface area contributed by atoms with Crippen LogP contribution in [-0.4, -0.2) is 62.5 Å². The lowest BCUT2D eigenvalue weighted by Crippen LogP contribution is -2.56. The lowest BCUT2D eigenvalue weighted by Gasteiger charge is -2.39. The minimum atomic E-state index is -3.71. The van der Waals surface area contributed by atoms with Crippen molar-refractivity contribution >= 4 is 20.0 Å². The third kappa shape index (κ3) is 4.54. The molecule has 28 heavy (non-hydrogen) atoms. The topological polar surface area (TPSA) is 95.0 Å². The second kappa shape index (κ2) is 7.82. The molecule has 2 aromatic carbocycles. The Morgan fingerprint density at radius 2 is 1.57 bits per heavy atom. The smallest absolute Gasteiger partial charge is 0.243 e. The fourth-order valence-corrected chi connectivity index (χ4v) is 5.96. The summed E-state index contributed by atoms with van der Waals surface area (Å²) >= 11 is 0. The molecule has 2 aromatic rings. The van der Waals surface area contributed by atoms with Gasteiger partial charge in [0.25, 0.3) is 0 Å². The number of rotatable bonds is 5. The predicted octanol–water partition coefficient (Wildman–Crippen LogP) is 1.58. The molecular formula is C19H24N2O5S2. The normalized spacial score (nSPS) is 19.6. The summed E-state index contributed by atoms with van der Waals surface area (Å²) in [7, 11) is -7.19. The Balaban J connectivity index is 1.88. The Kier molecular flexibility index (Phi) is 5.81. The molecular weight excluding hydrogens is 400 g/mol. The Bertz CT molecular complexity index is 1030. The molecule has 9 heteroatoms. The summed E-state index contributed by atoms with van der Waals surface area (Å²) < 4.78 is 53.2. The zero-order valence-corrected chi connectivity index (χ0v) is 17.4. The van der Waals surface area contributed by atoms with Crippen molar-refractivity contribution in [3.8, 4) is 5.75 Å². The molecule has 3 rings (SSSR count). The van der Waals surface area contributed by atoms with Gasteiger partial charge in [-0.1, -0.05) is 29.8 Å². The third-order valence-corrected chi connectivity index (χ3v) is 8.10. The molecule has 0 unspecified atom stereocenters. The Hall–Kier alpha value is -1.94. The lowest BCUT2D eigenvalue weighted by molar-refractivity contribution is 0.200. The number of benzene rings is 2. The highest BCUT2D eigenvalue weighted by Crippen LogP contribution is 2.24. The first-order valence-electron chi connectivity index (χ1n) is 8.89. The molecule has 7 nitrogen and oxygen atoms in total. The standard InChI is InChI=1S/C19H24N2O5S2/c1-15-3-9-19(10-4-15)28(25,26)20-11-12-21(27(2,23)24)17(14-20)13-16-5-7-18(22)8-6-16/h3-10,17,22H,11-14H2,1-2H3/t17-/m0/s1. The first kappa shape index (κ1) is 20.8. The molecule has 1 fully saturated rings. The minimum absolute atomic E-state index is 0.0736. The van der Waals surface area contributed by atoms with Crippen molar-refractivity contribution in [1.29, 1.82) is 0 Å². The van der Waals surface area contributed by atoms with Gasteiger partial charge in [-0.2, -0.15) is 8.61 Å². The highest BCUT2D eigenvalue weighted by molar-refractivity contribution is 7.89. The average molecular weight is 425 g/mol. The van der Waals surface area contributed by atoms with Gasteiger partial charge in [-0.05, 0) is 43.2 Å². The monoisotopic (exact) mass is 424 g/mol. The van der Waals surface area contributed by atoms with Crippen LogP contribution in [0, 0.1) is 6.92 Å². The van der Waals surface area contributed by atoms with E-state index >= 15 is 0 Å². The van der Waals surface area contributed by atoms with Crippen LogP contribution in [0.5, 0.6) is 5.75 Å². The van der Waals surface area contributed by atoms with Crippen LogP contribution in [0.4, 0.5) is 0 Å². The number of aromatic hydroxyl groups is 1. The van der Waals surface area contributed by atoms with E-state index in [0.29, 0.717) is 6.42 Å². The summed E-state index contributed by atoms with van der Waals surface area (Å²) in [5, 5.41) is 9.44. The van der Waals surface area contributed by atoms with Crippen LogP contribution >= 0.6 is 0 Å². The van der Waals surface area contributed by atoms with Gasteiger partial charge in [-0.3, -0.25) is 0 Å².